The molecule has 0 saturated heterocycles. The molecule has 4 aromatic rings. The van der Waals surface area contributed by atoms with E-state index in [1.165, 1.54) is 0 Å². The van der Waals surface area contributed by atoms with Crippen molar-refractivity contribution < 1.29 is 46.8 Å². The van der Waals surface area contributed by atoms with Crippen LogP contribution >= 0.6 is 0 Å². The SMILES string of the molecule is CC(=O)[O-].CC(=O)[O-].Cc1cc(-c2ccccc2)cc(C=NC2CCCCC2N=Cc2cc(-c3ccccc3)cc(C)c2O)c1O.[Co+2]. The maximum Gasteiger partial charge on any atom is 2.00 e. The molecule has 0 spiro atoms. The van der Waals surface area contributed by atoms with E-state index in [0.29, 0.717) is 0 Å². The number of nitrogens with zero attached hydrogens (tertiary/aromatic N) is 2. The topological polar surface area (TPSA) is 145 Å². The molecule has 47 heavy (non-hydrogen) atoms. The van der Waals surface area contributed by atoms with Crippen LogP contribution in [0.4, 0.5) is 0 Å². The standard InChI is InChI=1S/C34H34N2O2.2C2H4O2.Co/c1-23-17-27(25-11-5-3-6-12-25)19-29(33(23)37)21-35-31-15-9-10-16-32(31)36-22-30-20-28(18-24(2)34(30)38)26-13-7-4-8-14-26;2*1-2(3)4;/h3-8,11-14,17-22,31-32,37-38H,9-10,15-16H2,1-2H3;2*1H3,(H,3,4);/q;;;+2/p-2. The van der Waals surface area contributed by atoms with Gasteiger partial charge in [-0.3, -0.25) is 9.98 Å². The summed E-state index contributed by atoms with van der Waals surface area (Å²) in [5, 5.41) is 39.3. The molecule has 0 aromatic heterocycles. The van der Waals surface area contributed by atoms with Gasteiger partial charge in [0, 0.05) is 35.5 Å². The first-order valence-corrected chi connectivity index (χ1v) is 15.2. The van der Waals surface area contributed by atoms with Crippen LogP contribution in [0.1, 0.15) is 61.8 Å². The van der Waals surface area contributed by atoms with Crippen molar-refractivity contribution >= 4 is 24.4 Å². The number of hydrogen-bond donors (Lipinski definition) is 2. The summed E-state index contributed by atoms with van der Waals surface area (Å²) in [5.74, 6) is -1.63. The maximum atomic E-state index is 10.7. The Kier molecular flexibility index (Phi) is 15.6. The Hall–Kier alpha value is -4.73. The quantitative estimate of drug-likeness (QED) is 0.261. The summed E-state index contributed by atoms with van der Waals surface area (Å²) in [6.45, 7) is 5.79. The molecule has 8 nitrogen and oxygen atoms in total. The minimum Gasteiger partial charge on any atom is -0.550 e. The van der Waals surface area contributed by atoms with Gasteiger partial charge >= 0.3 is 16.8 Å². The summed E-state index contributed by atoms with van der Waals surface area (Å²) in [4.78, 5) is 27.6. The van der Waals surface area contributed by atoms with Crippen LogP contribution in [0.15, 0.2) is 94.9 Å². The van der Waals surface area contributed by atoms with Crippen molar-refractivity contribution in [1.29, 1.82) is 0 Å². The molecule has 1 saturated carbocycles. The van der Waals surface area contributed by atoms with E-state index < -0.39 is 11.9 Å². The van der Waals surface area contributed by atoms with Crippen molar-refractivity contribution in [2.75, 3.05) is 0 Å². The zero-order valence-electron chi connectivity index (χ0n) is 27.0. The summed E-state index contributed by atoms with van der Waals surface area (Å²) in [5.41, 5.74) is 7.44. The fraction of sp³-hybridized carbons (Fsp3) is 0.263. The van der Waals surface area contributed by atoms with Crippen molar-refractivity contribution in [1.82, 2.24) is 0 Å². The molecule has 2 atom stereocenters. The van der Waals surface area contributed by atoms with E-state index in [4.69, 9.17) is 29.8 Å². The average molecular weight is 680 g/mol. The molecule has 247 valence electrons. The van der Waals surface area contributed by atoms with E-state index in [2.05, 4.69) is 24.3 Å². The van der Waals surface area contributed by atoms with E-state index in [1.54, 1.807) is 0 Å². The molecule has 1 radical (unpaired) electrons. The molecule has 4 aromatic carbocycles. The number of aromatic hydroxyl groups is 2. The predicted molar refractivity (Wildman–Crippen MR) is 179 cm³/mol. The van der Waals surface area contributed by atoms with E-state index in [9.17, 15) is 10.2 Å². The van der Waals surface area contributed by atoms with Crippen molar-refractivity contribution in [3.8, 4) is 33.8 Å². The monoisotopic (exact) mass is 679 g/mol. The predicted octanol–water partition coefficient (Wildman–Crippen LogP) is 5.41. The number of benzene rings is 4. The van der Waals surface area contributed by atoms with Gasteiger partial charge in [-0.25, -0.2) is 0 Å². The van der Waals surface area contributed by atoms with Crippen molar-refractivity contribution in [3.05, 3.63) is 107 Å². The second-order valence-electron chi connectivity index (χ2n) is 11.2. The number of carboxylic acids is 2. The van der Waals surface area contributed by atoms with Gasteiger partial charge in [-0.15, -0.1) is 0 Å². The number of carbonyl (C=O) groups excluding carboxylic acids is 2. The number of aliphatic imine (C=N–C) groups is 2. The number of hydrogen-bond acceptors (Lipinski definition) is 8. The molecular weight excluding hydrogens is 639 g/mol. The van der Waals surface area contributed by atoms with E-state index in [0.717, 1.165) is 84.0 Å². The summed E-state index contributed by atoms with van der Waals surface area (Å²) >= 11 is 0. The van der Waals surface area contributed by atoms with Gasteiger partial charge in [0.25, 0.3) is 0 Å². The largest absolute Gasteiger partial charge is 2.00 e. The number of phenols is 2. The smallest absolute Gasteiger partial charge is 0.550 e. The van der Waals surface area contributed by atoms with Crippen LogP contribution in [0.2, 0.25) is 0 Å². The second-order valence-corrected chi connectivity index (χ2v) is 11.2. The van der Waals surface area contributed by atoms with Gasteiger partial charge < -0.3 is 30.0 Å². The molecule has 1 aliphatic carbocycles. The minimum atomic E-state index is -1.08. The van der Waals surface area contributed by atoms with Crippen LogP contribution in [0.5, 0.6) is 11.5 Å². The number of phenolic OH excluding ortho intramolecular Hbond substituents is 2. The Balaban J connectivity index is 0.000000769. The summed E-state index contributed by atoms with van der Waals surface area (Å²) < 4.78 is 0. The van der Waals surface area contributed by atoms with Gasteiger partial charge in [0.15, 0.2) is 0 Å². The molecule has 5 rings (SSSR count). The molecule has 0 amide bonds. The summed E-state index contributed by atoms with van der Waals surface area (Å²) in [6.07, 6.45) is 7.74. The second kappa shape index (κ2) is 19.0. The number of carboxylic acid groups (broad SMARTS) is 2. The molecule has 1 fully saturated rings. The van der Waals surface area contributed by atoms with Gasteiger partial charge in [0.2, 0.25) is 0 Å². The van der Waals surface area contributed by atoms with Crippen LogP contribution in [-0.4, -0.2) is 46.7 Å². The molecule has 0 bridgehead atoms. The zero-order chi connectivity index (χ0) is 33.6. The van der Waals surface area contributed by atoms with Gasteiger partial charge in [0.1, 0.15) is 11.5 Å². The fourth-order valence-electron chi connectivity index (χ4n) is 5.20. The number of aryl methyl sites for hydroxylation is 2. The summed E-state index contributed by atoms with van der Waals surface area (Å²) in [6, 6.07) is 28.4. The van der Waals surface area contributed by atoms with Crippen molar-refractivity contribution in [2.45, 2.75) is 65.5 Å². The Morgan fingerprint density at radius 1 is 0.638 bits per heavy atom. The molecule has 0 heterocycles. The third-order valence-corrected chi connectivity index (χ3v) is 7.38. The Morgan fingerprint density at radius 3 is 1.28 bits per heavy atom. The van der Waals surface area contributed by atoms with Crippen LogP contribution in [-0.2, 0) is 26.4 Å². The van der Waals surface area contributed by atoms with Crippen LogP contribution in [0.25, 0.3) is 22.3 Å². The van der Waals surface area contributed by atoms with E-state index >= 15 is 0 Å². The minimum absolute atomic E-state index is 0. The normalized spacial score (nSPS) is 15.5. The molecule has 2 N–H and O–H groups in total. The average Bonchev–Trinajstić information content (AvgIpc) is 3.03. The van der Waals surface area contributed by atoms with Crippen molar-refractivity contribution in [2.24, 2.45) is 9.98 Å². The summed E-state index contributed by atoms with van der Waals surface area (Å²) in [7, 11) is 0. The molecule has 9 heteroatoms. The first-order valence-electron chi connectivity index (χ1n) is 15.2. The zero-order valence-corrected chi connectivity index (χ0v) is 28.0. The number of aliphatic carboxylic acids is 2. The van der Waals surface area contributed by atoms with Crippen molar-refractivity contribution in [3.63, 3.8) is 0 Å². The molecule has 1 aliphatic rings. The van der Waals surface area contributed by atoms with Gasteiger partial charge in [-0.2, -0.15) is 0 Å². The van der Waals surface area contributed by atoms with Gasteiger partial charge in [0.05, 0.1) is 12.1 Å². The van der Waals surface area contributed by atoms with Crippen LogP contribution < -0.4 is 10.2 Å². The van der Waals surface area contributed by atoms with E-state index in [1.807, 2.05) is 86.9 Å². The van der Waals surface area contributed by atoms with Crippen LogP contribution in [0.3, 0.4) is 0 Å². The number of carbonyl (C=O) groups is 2. The maximum absolute atomic E-state index is 10.7. The molecule has 2 unspecified atom stereocenters. The van der Waals surface area contributed by atoms with Gasteiger partial charge in [-0.1, -0.05) is 73.5 Å². The Morgan fingerprint density at radius 2 is 0.957 bits per heavy atom. The third kappa shape index (κ3) is 12.2. The van der Waals surface area contributed by atoms with E-state index in [-0.39, 0.29) is 40.4 Å². The molecule has 0 aliphatic heterocycles. The Bertz CT molecular complexity index is 1540. The molecular formula is C38H40CoN2O6. The van der Waals surface area contributed by atoms with Crippen LogP contribution in [0, 0.1) is 13.8 Å². The Labute approximate surface area is 286 Å². The number of rotatable bonds is 6. The fourth-order valence-corrected chi connectivity index (χ4v) is 5.20. The third-order valence-electron chi connectivity index (χ3n) is 7.38. The first kappa shape index (κ1) is 38.4. The van der Waals surface area contributed by atoms with Gasteiger partial charge in [-0.05, 0) is 98.2 Å². The first-order chi connectivity index (χ1) is 22.0.